The predicted octanol–water partition coefficient (Wildman–Crippen LogP) is 4.22. The van der Waals surface area contributed by atoms with Crippen molar-refractivity contribution in [2.24, 2.45) is 0 Å². The lowest BCUT2D eigenvalue weighted by Gasteiger charge is -2.19. The zero-order chi connectivity index (χ0) is 14.8. The molecular formula is C17H24N2O. The molecule has 0 unspecified atom stereocenters. The summed E-state index contributed by atoms with van der Waals surface area (Å²) in [5.74, 6) is 0.273. The molecule has 0 saturated heterocycles. The summed E-state index contributed by atoms with van der Waals surface area (Å²) >= 11 is 0. The molecule has 3 heteroatoms. The minimum atomic E-state index is -0.111. The van der Waals surface area contributed by atoms with Crippen LogP contribution in [0.1, 0.15) is 51.8 Å². The fourth-order valence-electron chi connectivity index (χ4n) is 2.49. The number of aromatic hydroxyl groups is 1. The van der Waals surface area contributed by atoms with E-state index >= 15 is 0 Å². The number of hydrogen-bond donors (Lipinski definition) is 1. The van der Waals surface area contributed by atoms with Gasteiger partial charge < -0.3 is 5.11 Å². The van der Waals surface area contributed by atoms with Crippen LogP contribution in [0.3, 0.4) is 0 Å². The molecule has 0 spiro atoms. The van der Waals surface area contributed by atoms with Gasteiger partial charge in [-0.1, -0.05) is 52.3 Å². The molecule has 0 aliphatic carbocycles. The Bertz CT molecular complexity index is 565. The second kappa shape index (κ2) is 5.70. The van der Waals surface area contributed by atoms with Gasteiger partial charge in [-0.25, -0.2) is 4.68 Å². The van der Waals surface area contributed by atoms with Crippen LogP contribution in [0, 0.1) is 0 Å². The van der Waals surface area contributed by atoms with Crippen LogP contribution in [-0.2, 0) is 11.8 Å². The summed E-state index contributed by atoms with van der Waals surface area (Å²) in [6, 6.07) is 9.80. The van der Waals surface area contributed by atoms with Gasteiger partial charge in [0.2, 0.25) is 5.88 Å². The van der Waals surface area contributed by atoms with Crippen molar-refractivity contribution < 1.29 is 5.11 Å². The smallest absolute Gasteiger partial charge is 0.218 e. The van der Waals surface area contributed by atoms with Crippen molar-refractivity contribution in [1.82, 2.24) is 9.78 Å². The summed E-state index contributed by atoms with van der Waals surface area (Å²) in [5.41, 5.74) is 2.77. The second-order valence-electron chi connectivity index (χ2n) is 6.25. The molecule has 0 amide bonds. The summed E-state index contributed by atoms with van der Waals surface area (Å²) in [6.45, 7) is 8.53. The van der Waals surface area contributed by atoms with E-state index in [4.69, 9.17) is 0 Å². The van der Waals surface area contributed by atoms with Crippen molar-refractivity contribution in [1.29, 1.82) is 0 Å². The molecule has 0 aliphatic heterocycles. The Hall–Kier alpha value is -1.77. The van der Waals surface area contributed by atoms with Gasteiger partial charge in [0.1, 0.15) is 0 Å². The first kappa shape index (κ1) is 14.6. The van der Waals surface area contributed by atoms with Gasteiger partial charge in [0.15, 0.2) is 0 Å². The number of para-hydroxylation sites is 1. The molecular weight excluding hydrogens is 248 g/mol. The molecule has 2 aromatic rings. The molecule has 0 aliphatic rings. The average Bonchev–Trinajstić information content (AvgIpc) is 2.74. The van der Waals surface area contributed by atoms with E-state index in [0.29, 0.717) is 0 Å². The van der Waals surface area contributed by atoms with Gasteiger partial charge in [0.25, 0.3) is 0 Å². The summed E-state index contributed by atoms with van der Waals surface area (Å²) < 4.78 is 1.66. The van der Waals surface area contributed by atoms with Gasteiger partial charge in [0, 0.05) is 5.56 Å². The van der Waals surface area contributed by atoms with Gasteiger partial charge >= 0.3 is 0 Å². The van der Waals surface area contributed by atoms with Gasteiger partial charge in [-0.15, -0.1) is 0 Å². The van der Waals surface area contributed by atoms with Gasteiger partial charge in [0.05, 0.1) is 11.4 Å². The van der Waals surface area contributed by atoms with Gasteiger partial charge in [-0.05, 0) is 30.4 Å². The number of nitrogens with zero attached hydrogens (tertiary/aromatic N) is 2. The summed E-state index contributed by atoms with van der Waals surface area (Å²) in [4.78, 5) is 0. The Morgan fingerprint density at radius 2 is 1.80 bits per heavy atom. The van der Waals surface area contributed by atoms with Gasteiger partial charge in [-0.2, -0.15) is 5.10 Å². The Balaban J connectivity index is 2.53. The van der Waals surface area contributed by atoms with E-state index in [1.54, 1.807) is 4.68 Å². The number of rotatable bonds is 4. The molecule has 1 heterocycles. The third-order valence-electron chi connectivity index (χ3n) is 3.45. The Morgan fingerprint density at radius 1 is 1.15 bits per heavy atom. The Labute approximate surface area is 121 Å². The first-order valence-corrected chi connectivity index (χ1v) is 7.32. The van der Waals surface area contributed by atoms with Crippen LogP contribution in [0.25, 0.3) is 5.69 Å². The third kappa shape index (κ3) is 2.87. The zero-order valence-corrected chi connectivity index (χ0v) is 12.8. The van der Waals surface area contributed by atoms with Crippen molar-refractivity contribution in [2.75, 3.05) is 0 Å². The van der Waals surface area contributed by atoms with E-state index in [-0.39, 0.29) is 11.3 Å². The molecule has 1 aromatic carbocycles. The molecule has 3 nitrogen and oxygen atoms in total. The summed E-state index contributed by atoms with van der Waals surface area (Å²) in [6.07, 6.45) is 3.13. The number of unbranched alkanes of at least 4 members (excludes halogenated alkanes) is 1. The lowest BCUT2D eigenvalue weighted by atomic mass is 9.86. The molecule has 0 bridgehead atoms. The van der Waals surface area contributed by atoms with Crippen molar-refractivity contribution in [3.63, 3.8) is 0 Å². The summed E-state index contributed by atoms with van der Waals surface area (Å²) in [7, 11) is 0. The molecule has 108 valence electrons. The number of aromatic nitrogens is 2. The largest absolute Gasteiger partial charge is 0.493 e. The van der Waals surface area contributed by atoms with Crippen LogP contribution in [0.2, 0.25) is 0 Å². The van der Waals surface area contributed by atoms with E-state index in [1.165, 1.54) is 0 Å². The molecule has 0 radical (unpaired) electrons. The van der Waals surface area contributed by atoms with Crippen LogP contribution in [0.5, 0.6) is 5.88 Å². The maximum absolute atomic E-state index is 10.6. The monoisotopic (exact) mass is 272 g/mol. The highest BCUT2D eigenvalue weighted by atomic mass is 16.3. The lowest BCUT2D eigenvalue weighted by Crippen LogP contribution is -2.13. The minimum Gasteiger partial charge on any atom is -0.493 e. The molecule has 0 atom stereocenters. The van der Waals surface area contributed by atoms with Crippen molar-refractivity contribution in [3.8, 4) is 11.6 Å². The minimum absolute atomic E-state index is 0.111. The van der Waals surface area contributed by atoms with Crippen molar-refractivity contribution in [2.45, 2.75) is 52.4 Å². The third-order valence-corrected chi connectivity index (χ3v) is 3.45. The number of aryl methyl sites for hydroxylation is 1. The molecule has 20 heavy (non-hydrogen) atoms. The quantitative estimate of drug-likeness (QED) is 0.905. The predicted molar refractivity (Wildman–Crippen MR) is 82.5 cm³/mol. The van der Waals surface area contributed by atoms with Crippen LogP contribution >= 0.6 is 0 Å². The van der Waals surface area contributed by atoms with Gasteiger partial charge in [-0.3, -0.25) is 0 Å². The highest BCUT2D eigenvalue weighted by Crippen LogP contribution is 2.35. The first-order chi connectivity index (χ1) is 9.45. The SMILES string of the molecule is CCCCc1nn(-c2ccccc2)c(O)c1C(C)(C)C. The normalized spacial score (nSPS) is 11.8. The average molecular weight is 272 g/mol. The van der Waals surface area contributed by atoms with Crippen LogP contribution < -0.4 is 0 Å². The fraction of sp³-hybridized carbons (Fsp3) is 0.471. The lowest BCUT2D eigenvalue weighted by molar-refractivity contribution is 0.413. The second-order valence-corrected chi connectivity index (χ2v) is 6.25. The summed E-state index contributed by atoms with van der Waals surface area (Å²) in [5, 5.41) is 15.2. The van der Waals surface area contributed by atoms with Crippen LogP contribution in [0.15, 0.2) is 30.3 Å². The Morgan fingerprint density at radius 3 is 2.35 bits per heavy atom. The van der Waals surface area contributed by atoms with Crippen molar-refractivity contribution >= 4 is 0 Å². The first-order valence-electron chi connectivity index (χ1n) is 7.32. The highest BCUT2D eigenvalue weighted by molar-refractivity contribution is 5.43. The molecule has 0 saturated carbocycles. The number of hydrogen-bond acceptors (Lipinski definition) is 2. The van der Waals surface area contributed by atoms with E-state index in [0.717, 1.165) is 36.2 Å². The fourth-order valence-corrected chi connectivity index (χ4v) is 2.49. The standard InChI is InChI=1S/C17H24N2O/c1-5-6-12-14-15(17(2,3)4)16(20)19(18-14)13-10-8-7-9-11-13/h7-11,20H,5-6,12H2,1-4H3. The zero-order valence-electron chi connectivity index (χ0n) is 12.8. The molecule has 1 aromatic heterocycles. The van der Waals surface area contributed by atoms with E-state index < -0.39 is 0 Å². The topological polar surface area (TPSA) is 38.0 Å². The molecule has 1 N–H and O–H groups in total. The maximum atomic E-state index is 10.6. The van der Waals surface area contributed by atoms with E-state index in [2.05, 4.69) is 32.8 Å². The van der Waals surface area contributed by atoms with Crippen molar-refractivity contribution in [3.05, 3.63) is 41.6 Å². The Kier molecular flexibility index (Phi) is 4.17. The van der Waals surface area contributed by atoms with E-state index in [9.17, 15) is 5.11 Å². The number of benzene rings is 1. The highest BCUT2D eigenvalue weighted by Gasteiger charge is 2.27. The van der Waals surface area contributed by atoms with Crippen LogP contribution in [0.4, 0.5) is 0 Å². The molecule has 2 rings (SSSR count). The van der Waals surface area contributed by atoms with E-state index in [1.807, 2.05) is 30.3 Å². The maximum Gasteiger partial charge on any atom is 0.218 e. The molecule has 0 fully saturated rings. The van der Waals surface area contributed by atoms with Crippen LogP contribution in [-0.4, -0.2) is 14.9 Å².